The van der Waals surface area contributed by atoms with Gasteiger partial charge in [-0.3, -0.25) is 9.59 Å². The molecular weight excluding hydrogens is 374 g/mol. The van der Waals surface area contributed by atoms with E-state index in [2.05, 4.69) is 10.5 Å². The van der Waals surface area contributed by atoms with Crippen LogP contribution in [0, 0.1) is 13.8 Å². The second kappa shape index (κ2) is 7.67. The zero-order valence-electron chi connectivity index (χ0n) is 16.0. The fraction of sp³-hybridized carbons (Fsp3) is 0.190. The van der Waals surface area contributed by atoms with E-state index < -0.39 is 0 Å². The Morgan fingerprint density at radius 3 is 2.90 bits per heavy atom. The van der Waals surface area contributed by atoms with Crippen LogP contribution in [0.1, 0.15) is 22.8 Å². The molecule has 0 spiro atoms. The number of fused-ring (bicyclic) bond motifs is 1. The standard InChI is InChI=1S/C21H19N3O5/c1-13-17(14(2)29-23-13)11-24-18-10-15(5-7-19(18)28-12-21(24)26)22-20(25)8-6-16-4-3-9-27-16/h3-10H,11-12H2,1-2H3,(H,22,25)/b8-6+. The van der Waals surface area contributed by atoms with E-state index in [4.69, 9.17) is 13.7 Å². The number of anilines is 2. The average Bonchev–Trinajstić information content (AvgIpc) is 3.33. The maximum Gasteiger partial charge on any atom is 0.265 e. The van der Waals surface area contributed by atoms with Crippen molar-refractivity contribution in [2.45, 2.75) is 20.4 Å². The number of aryl methyl sites for hydroxylation is 2. The van der Waals surface area contributed by atoms with Gasteiger partial charge in [0.2, 0.25) is 5.91 Å². The van der Waals surface area contributed by atoms with E-state index >= 15 is 0 Å². The first-order valence-electron chi connectivity index (χ1n) is 9.03. The summed E-state index contributed by atoms with van der Waals surface area (Å²) in [5.74, 6) is 1.31. The number of hydrogen-bond donors (Lipinski definition) is 1. The molecule has 2 aromatic heterocycles. The minimum absolute atomic E-state index is 0.0477. The van der Waals surface area contributed by atoms with Crippen molar-refractivity contribution in [2.24, 2.45) is 0 Å². The molecule has 1 N–H and O–H groups in total. The van der Waals surface area contributed by atoms with Crippen LogP contribution < -0.4 is 15.0 Å². The normalized spacial score (nSPS) is 13.4. The van der Waals surface area contributed by atoms with E-state index in [9.17, 15) is 9.59 Å². The molecule has 0 aliphatic carbocycles. The third-order valence-corrected chi connectivity index (χ3v) is 4.61. The second-order valence-electron chi connectivity index (χ2n) is 6.59. The molecule has 0 bridgehead atoms. The molecule has 2 amide bonds. The highest BCUT2D eigenvalue weighted by molar-refractivity contribution is 6.03. The Bertz CT molecular complexity index is 1060. The lowest BCUT2D eigenvalue weighted by Crippen LogP contribution is -2.38. The lowest BCUT2D eigenvalue weighted by Gasteiger charge is -2.29. The van der Waals surface area contributed by atoms with Crippen molar-refractivity contribution in [1.29, 1.82) is 0 Å². The van der Waals surface area contributed by atoms with Crippen molar-refractivity contribution in [2.75, 3.05) is 16.8 Å². The SMILES string of the molecule is Cc1noc(C)c1CN1C(=O)COc2ccc(NC(=O)/C=C/c3ccco3)cc21. The van der Waals surface area contributed by atoms with Gasteiger partial charge in [0.15, 0.2) is 6.61 Å². The van der Waals surface area contributed by atoms with Gasteiger partial charge in [-0.05, 0) is 50.3 Å². The first-order chi connectivity index (χ1) is 14.0. The van der Waals surface area contributed by atoms with Gasteiger partial charge in [-0.25, -0.2) is 0 Å². The number of carbonyl (C=O) groups excluding carboxylic acids is 2. The average molecular weight is 393 g/mol. The fourth-order valence-electron chi connectivity index (χ4n) is 3.07. The molecule has 29 heavy (non-hydrogen) atoms. The first kappa shape index (κ1) is 18.5. The predicted molar refractivity (Wildman–Crippen MR) is 105 cm³/mol. The van der Waals surface area contributed by atoms with Crippen molar-refractivity contribution >= 4 is 29.3 Å². The molecule has 8 nitrogen and oxygen atoms in total. The Morgan fingerprint density at radius 2 is 2.17 bits per heavy atom. The summed E-state index contributed by atoms with van der Waals surface area (Å²) in [4.78, 5) is 26.3. The van der Waals surface area contributed by atoms with Crippen LogP contribution in [0.2, 0.25) is 0 Å². The summed E-state index contributed by atoms with van der Waals surface area (Å²) in [5, 5.41) is 6.72. The number of amides is 2. The van der Waals surface area contributed by atoms with Crippen molar-refractivity contribution in [3.8, 4) is 5.75 Å². The topological polar surface area (TPSA) is 97.8 Å². The van der Waals surface area contributed by atoms with Crippen LogP contribution in [0.4, 0.5) is 11.4 Å². The monoisotopic (exact) mass is 393 g/mol. The Morgan fingerprint density at radius 1 is 1.31 bits per heavy atom. The molecule has 0 fully saturated rings. The molecule has 148 valence electrons. The summed E-state index contributed by atoms with van der Waals surface area (Å²) in [5.41, 5.74) is 2.70. The highest BCUT2D eigenvalue weighted by Crippen LogP contribution is 2.36. The lowest BCUT2D eigenvalue weighted by molar-refractivity contribution is -0.121. The molecule has 0 atom stereocenters. The minimum Gasteiger partial charge on any atom is -0.482 e. The molecule has 0 saturated carbocycles. The fourth-order valence-corrected chi connectivity index (χ4v) is 3.07. The highest BCUT2D eigenvalue weighted by atomic mass is 16.5. The van der Waals surface area contributed by atoms with Crippen molar-refractivity contribution < 1.29 is 23.3 Å². The summed E-state index contributed by atoms with van der Waals surface area (Å²) < 4.78 is 15.9. The first-order valence-corrected chi connectivity index (χ1v) is 9.03. The van der Waals surface area contributed by atoms with Crippen molar-refractivity contribution in [1.82, 2.24) is 5.16 Å². The number of hydrogen-bond acceptors (Lipinski definition) is 6. The smallest absolute Gasteiger partial charge is 0.265 e. The van der Waals surface area contributed by atoms with Gasteiger partial charge in [-0.15, -0.1) is 0 Å². The van der Waals surface area contributed by atoms with Crippen LogP contribution in [0.15, 0.2) is 51.6 Å². The molecule has 3 heterocycles. The van der Waals surface area contributed by atoms with Gasteiger partial charge in [-0.2, -0.15) is 0 Å². The molecular formula is C21H19N3O5. The molecule has 1 aliphatic heterocycles. The van der Waals surface area contributed by atoms with Crippen molar-refractivity contribution in [3.05, 3.63) is 65.4 Å². The Labute approximate surface area is 166 Å². The number of nitrogens with one attached hydrogen (secondary N) is 1. The predicted octanol–water partition coefficient (Wildman–Crippen LogP) is 3.46. The molecule has 1 aromatic carbocycles. The Balaban J connectivity index is 1.56. The van der Waals surface area contributed by atoms with Gasteiger partial charge in [0.1, 0.15) is 17.3 Å². The van der Waals surface area contributed by atoms with E-state index in [1.54, 1.807) is 41.3 Å². The van der Waals surface area contributed by atoms with Crippen LogP contribution in [-0.4, -0.2) is 23.6 Å². The van der Waals surface area contributed by atoms with Crippen LogP contribution in [0.3, 0.4) is 0 Å². The van der Waals surface area contributed by atoms with Crippen LogP contribution >= 0.6 is 0 Å². The van der Waals surface area contributed by atoms with Gasteiger partial charge < -0.3 is 23.9 Å². The molecule has 1 aliphatic rings. The molecule has 0 saturated heterocycles. The third-order valence-electron chi connectivity index (χ3n) is 4.61. The van der Waals surface area contributed by atoms with Crippen LogP contribution in [-0.2, 0) is 16.1 Å². The lowest BCUT2D eigenvalue weighted by atomic mass is 10.1. The third kappa shape index (κ3) is 3.91. The quantitative estimate of drug-likeness (QED) is 0.667. The van der Waals surface area contributed by atoms with Crippen LogP contribution in [0.25, 0.3) is 6.08 Å². The van der Waals surface area contributed by atoms with Gasteiger partial charge in [0, 0.05) is 17.3 Å². The number of rotatable bonds is 5. The second-order valence-corrected chi connectivity index (χ2v) is 6.59. The zero-order chi connectivity index (χ0) is 20.4. The highest BCUT2D eigenvalue weighted by Gasteiger charge is 2.28. The van der Waals surface area contributed by atoms with Gasteiger partial charge >= 0.3 is 0 Å². The van der Waals surface area contributed by atoms with E-state index in [1.165, 1.54) is 12.3 Å². The summed E-state index contributed by atoms with van der Waals surface area (Å²) in [6.45, 7) is 3.91. The molecule has 4 rings (SSSR count). The number of furan rings is 1. The number of carbonyl (C=O) groups is 2. The van der Waals surface area contributed by atoms with Gasteiger partial charge in [0.25, 0.3) is 5.91 Å². The summed E-state index contributed by atoms with van der Waals surface area (Å²) >= 11 is 0. The van der Waals surface area contributed by atoms with Crippen LogP contribution in [0.5, 0.6) is 5.75 Å². The molecule has 3 aromatic rings. The van der Waals surface area contributed by atoms with E-state index in [0.29, 0.717) is 35.2 Å². The maximum atomic E-state index is 12.5. The molecule has 0 unspecified atom stereocenters. The number of nitrogens with zero attached hydrogens (tertiary/aromatic N) is 2. The summed E-state index contributed by atoms with van der Waals surface area (Å²) in [6, 6.07) is 8.66. The van der Waals surface area contributed by atoms with Gasteiger partial charge in [-0.1, -0.05) is 5.16 Å². The van der Waals surface area contributed by atoms with E-state index in [-0.39, 0.29) is 18.4 Å². The number of benzene rings is 1. The number of aromatic nitrogens is 1. The zero-order valence-corrected chi connectivity index (χ0v) is 16.0. The number of ether oxygens (including phenoxy) is 1. The van der Waals surface area contributed by atoms with E-state index in [0.717, 1.165) is 11.3 Å². The van der Waals surface area contributed by atoms with Gasteiger partial charge in [0.05, 0.1) is 24.2 Å². The molecule has 0 radical (unpaired) electrons. The maximum absolute atomic E-state index is 12.5. The molecule has 8 heteroatoms. The Hall–Kier alpha value is -3.81. The minimum atomic E-state index is -0.318. The Kier molecular flexibility index (Phi) is 4.90. The van der Waals surface area contributed by atoms with Crippen molar-refractivity contribution in [3.63, 3.8) is 0 Å². The summed E-state index contributed by atoms with van der Waals surface area (Å²) in [7, 11) is 0. The summed E-state index contributed by atoms with van der Waals surface area (Å²) in [6.07, 6.45) is 4.48. The van der Waals surface area contributed by atoms with E-state index in [1.807, 2.05) is 13.8 Å². The largest absolute Gasteiger partial charge is 0.482 e.